The largest absolute Gasteiger partial charge is 0.444 e. The summed E-state index contributed by atoms with van der Waals surface area (Å²) in [5.74, 6) is -0.408. The fourth-order valence-electron chi connectivity index (χ4n) is 2.56. The molecule has 1 amide bonds. The number of ether oxygens (including phenoxy) is 1. The Morgan fingerprint density at radius 3 is 2.30 bits per heavy atom. The normalized spacial score (nSPS) is 13.3. The Bertz CT molecular complexity index is 805. The number of aliphatic hydroxyl groups is 1. The van der Waals surface area contributed by atoms with E-state index in [-0.39, 0.29) is 0 Å². The molecule has 142 valence electrons. The molecule has 2 aromatic carbocycles. The van der Waals surface area contributed by atoms with Crippen LogP contribution < -0.4 is 5.32 Å². The Labute approximate surface area is 158 Å². The van der Waals surface area contributed by atoms with Crippen molar-refractivity contribution in [3.8, 4) is 6.07 Å². The zero-order valence-electron chi connectivity index (χ0n) is 15.6. The maximum Gasteiger partial charge on any atom is 0.407 e. The molecule has 2 rings (SSSR count). The van der Waals surface area contributed by atoms with E-state index in [0.717, 1.165) is 5.56 Å². The van der Waals surface area contributed by atoms with Crippen LogP contribution in [-0.4, -0.2) is 22.8 Å². The lowest BCUT2D eigenvalue weighted by Crippen LogP contribution is -2.43. The topological polar surface area (TPSA) is 82.3 Å². The van der Waals surface area contributed by atoms with Crippen LogP contribution in [0.1, 0.15) is 43.6 Å². The van der Waals surface area contributed by atoms with Crippen LogP contribution in [0.4, 0.5) is 9.18 Å². The van der Waals surface area contributed by atoms with Crippen LogP contribution >= 0.6 is 0 Å². The average Bonchev–Trinajstić information content (AvgIpc) is 2.60. The second kappa shape index (κ2) is 8.65. The van der Waals surface area contributed by atoms with Gasteiger partial charge in [0.1, 0.15) is 11.4 Å². The van der Waals surface area contributed by atoms with Gasteiger partial charge in [0.25, 0.3) is 0 Å². The van der Waals surface area contributed by atoms with Gasteiger partial charge < -0.3 is 15.2 Å². The van der Waals surface area contributed by atoms with E-state index in [1.165, 1.54) is 24.3 Å². The number of hydrogen-bond acceptors (Lipinski definition) is 4. The van der Waals surface area contributed by atoms with E-state index in [9.17, 15) is 14.3 Å². The molecule has 0 heterocycles. The van der Waals surface area contributed by atoms with Gasteiger partial charge in [-0.1, -0.05) is 24.3 Å². The van der Waals surface area contributed by atoms with E-state index in [1.807, 2.05) is 6.07 Å². The molecule has 2 atom stereocenters. The van der Waals surface area contributed by atoms with Crippen LogP contribution in [0.2, 0.25) is 0 Å². The number of benzene rings is 2. The minimum absolute atomic E-state index is 0.309. The Kier molecular flexibility index (Phi) is 6.54. The number of nitrogens with zero attached hydrogens (tertiary/aromatic N) is 1. The molecule has 0 spiro atoms. The number of aliphatic hydroxyl groups excluding tert-OH is 1. The second-order valence-electron chi connectivity index (χ2n) is 7.26. The number of alkyl carbamates (subject to hydrolysis) is 1. The molecule has 0 aliphatic rings. The minimum atomic E-state index is -1.06. The van der Waals surface area contributed by atoms with Crippen LogP contribution in [0, 0.1) is 17.1 Å². The first-order valence-electron chi connectivity index (χ1n) is 8.60. The van der Waals surface area contributed by atoms with Crippen LogP contribution in [0.15, 0.2) is 48.5 Å². The molecule has 0 bridgehead atoms. The van der Waals surface area contributed by atoms with Gasteiger partial charge in [0, 0.05) is 0 Å². The molecule has 0 radical (unpaired) electrons. The van der Waals surface area contributed by atoms with Crippen LogP contribution in [0.25, 0.3) is 0 Å². The molecule has 27 heavy (non-hydrogen) atoms. The van der Waals surface area contributed by atoms with Gasteiger partial charge in [0.15, 0.2) is 0 Å². The highest BCUT2D eigenvalue weighted by atomic mass is 19.1. The summed E-state index contributed by atoms with van der Waals surface area (Å²) in [5, 5.41) is 22.3. The number of amides is 1. The predicted octanol–water partition coefficient (Wildman–Crippen LogP) is 3.87. The number of nitrogens with one attached hydrogen (secondary N) is 1. The van der Waals surface area contributed by atoms with Gasteiger partial charge >= 0.3 is 6.09 Å². The third-order valence-corrected chi connectivity index (χ3v) is 3.83. The van der Waals surface area contributed by atoms with Crippen molar-refractivity contribution in [2.24, 2.45) is 0 Å². The highest BCUT2D eigenvalue weighted by Crippen LogP contribution is 2.21. The number of halogens is 1. The molecular weight excluding hydrogens is 347 g/mol. The molecule has 2 unspecified atom stereocenters. The lowest BCUT2D eigenvalue weighted by atomic mass is 9.95. The lowest BCUT2D eigenvalue weighted by Gasteiger charge is -2.27. The highest BCUT2D eigenvalue weighted by Gasteiger charge is 2.26. The van der Waals surface area contributed by atoms with E-state index in [2.05, 4.69) is 5.32 Å². The van der Waals surface area contributed by atoms with Crippen molar-refractivity contribution >= 4 is 6.09 Å². The average molecular weight is 370 g/mol. The molecule has 0 aliphatic heterocycles. The molecule has 2 N–H and O–H groups in total. The second-order valence-corrected chi connectivity index (χ2v) is 7.26. The monoisotopic (exact) mass is 370 g/mol. The lowest BCUT2D eigenvalue weighted by molar-refractivity contribution is 0.0421. The summed E-state index contributed by atoms with van der Waals surface area (Å²) in [6.07, 6.45) is -1.40. The summed E-state index contributed by atoms with van der Waals surface area (Å²) in [5.41, 5.74) is 1.15. The maximum atomic E-state index is 13.2. The first-order valence-corrected chi connectivity index (χ1v) is 8.60. The molecule has 5 nitrogen and oxygen atoms in total. The number of nitriles is 1. The Morgan fingerprint density at radius 2 is 1.78 bits per heavy atom. The summed E-state index contributed by atoms with van der Waals surface area (Å²) in [7, 11) is 0. The Morgan fingerprint density at radius 1 is 1.19 bits per heavy atom. The van der Waals surface area contributed by atoms with Gasteiger partial charge in [-0.2, -0.15) is 5.26 Å². The smallest absolute Gasteiger partial charge is 0.407 e. The van der Waals surface area contributed by atoms with Gasteiger partial charge in [0.2, 0.25) is 0 Å². The third-order valence-electron chi connectivity index (χ3n) is 3.83. The summed E-state index contributed by atoms with van der Waals surface area (Å²) < 4.78 is 18.5. The minimum Gasteiger partial charge on any atom is -0.444 e. The molecule has 2 aromatic rings. The summed E-state index contributed by atoms with van der Waals surface area (Å²) in [6, 6.07) is 13.7. The molecule has 0 saturated heterocycles. The van der Waals surface area contributed by atoms with Crippen LogP contribution in [0.5, 0.6) is 0 Å². The fourth-order valence-corrected chi connectivity index (χ4v) is 2.56. The molecule has 0 fully saturated rings. The van der Waals surface area contributed by atoms with Crippen molar-refractivity contribution in [2.75, 3.05) is 0 Å². The summed E-state index contributed by atoms with van der Waals surface area (Å²) in [6.45, 7) is 5.25. The van der Waals surface area contributed by atoms with Crippen molar-refractivity contribution in [1.29, 1.82) is 5.26 Å². The molecule has 6 heteroatoms. The first-order chi connectivity index (χ1) is 12.7. The van der Waals surface area contributed by atoms with E-state index in [4.69, 9.17) is 10.00 Å². The summed E-state index contributed by atoms with van der Waals surface area (Å²) in [4.78, 5) is 12.2. The zero-order chi connectivity index (χ0) is 20.0. The van der Waals surface area contributed by atoms with E-state index in [0.29, 0.717) is 17.5 Å². The quantitative estimate of drug-likeness (QED) is 0.837. The van der Waals surface area contributed by atoms with E-state index < -0.39 is 29.7 Å². The molecule has 0 aromatic heterocycles. The van der Waals surface area contributed by atoms with Crippen LogP contribution in [-0.2, 0) is 11.2 Å². The molecular formula is C21H23FN2O3. The van der Waals surface area contributed by atoms with Gasteiger partial charge in [-0.25, -0.2) is 9.18 Å². The number of rotatable bonds is 5. The van der Waals surface area contributed by atoms with Gasteiger partial charge in [-0.15, -0.1) is 0 Å². The van der Waals surface area contributed by atoms with E-state index >= 15 is 0 Å². The highest BCUT2D eigenvalue weighted by molar-refractivity contribution is 5.68. The SMILES string of the molecule is CC(C)(C)OC(=O)NC(Cc1ccc(C#N)cc1)C(O)c1ccc(F)cc1. The molecule has 0 aliphatic carbocycles. The van der Waals surface area contributed by atoms with Crippen molar-refractivity contribution in [3.05, 3.63) is 71.0 Å². The number of carbonyl (C=O) groups excluding carboxylic acids is 1. The molecule has 0 saturated carbocycles. The van der Waals surface area contributed by atoms with Crippen molar-refractivity contribution in [1.82, 2.24) is 5.32 Å². The first kappa shape index (κ1) is 20.4. The van der Waals surface area contributed by atoms with Gasteiger partial charge in [0.05, 0.1) is 23.8 Å². The van der Waals surface area contributed by atoms with E-state index in [1.54, 1.807) is 45.0 Å². The summed E-state index contributed by atoms with van der Waals surface area (Å²) >= 11 is 0. The maximum absolute atomic E-state index is 13.2. The predicted molar refractivity (Wildman–Crippen MR) is 99.4 cm³/mol. The Balaban J connectivity index is 2.22. The number of carbonyl (C=O) groups is 1. The standard InChI is InChI=1S/C21H23FN2O3/c1-21(2,3)27-20(26)24-18(12-14-4-6-15(13-23)7-5-14)19(25)16-8-10-17(22)11-9-16/h4-11,18-19,25H,12H2,1-3H3,(H,24,26). The Hall–Kier alpha value is -2.91. The van der Waals surface area contributed by atoms with Gasteiger partial charge in [-0.3, -0.25) is 0 Å². The zero-order valence-corrected chi connectivity index (χ0v) is 15.6. The van der Waals surface area contributed by atoms with Crippen molar-refractivity contribution < 1.29 is 19.0 Å². The van der Waals surface area contributed by atoms with Gasteiger partial charge in [-0.05, 0) is 62.6 Å². The number of hydrogen-bond donors (Lipinski definition) is 2. The van der Waals surface area contributed by atoms with Crippen LogP contribution in [0.3, 0.4) is 0 Å². The fraction of sp³-hybridized carbons (Fsp3) is 0.333. The third kappa shape index (κ3) is 6.39. The van der Waals surface area contributed by atoms with Crippen molar-refractivity contribution in [3.63, 3.8) is 0 Å². The van der Waals surface area contributed by atoms with Crippen molar-refractivity contribution in [2.45, 2.75) is 44.9 Å².